The monoisotopic (exact) mass is 276 g/mol. The van der Waals surface area contributed by atoms with Crippen molar-refractivity contribution in [1.82, 2.24) is 0 Å². The Morgan fingerprint density at radius 1 is 1.60 bits per heavy atom. The maximum absolute atomic E-state index is 13.0. The molecular weight excluding hydrogens is 267 g/mol. The lowest BCUT2D eigenvalue weighted by Gasteiger charge is -2.07. The van der Waals surface area contributed by atoms with Crippen LogP contribution in [0.5, 0.6) is 5.75 Å². The van der Waals surface area contributed by atoms with Gasteiger partial charge >= 0.3 is 5.97 Å². The number of ether oxygens (including phenoxy) is 1. The molecule has 0 aliphatic heterocycles. The molecule has 82 valence electrons. The summed E-state index contributed by atoms with van der Waals surface area (Å²) in [5.41, 5.74) is 0.202. The Morgan fingerprint density at radius 3 is 2.87 bits per heavy atom. The third kappa shape index (κ3) is 2.92. The van der Waals surface area contributed by atoms with Crippen molar-refractivity contribution in [3.63, 3.8) is 0 Å². The van der Waals surface area contributed by atoms with Crippen LogP contribution in [0.2, 0.25) is 0 Å². The summed E-state index contributed by atoms with van der Waals surface area (Å²) >= 11 is 3.13. The Balaban J connectivity index is 2.93. The van der Waals surface area contributed by atoms with Crippen LogP contribution in [0.15, 0.2) is 16.6 Å². The van der Waals surface area contributed by atoms with Crippen LogP contribution in [0.25, 0.3) is 0 Å². The number of aromatic hydroxyl groups is 1. The molecule has 0 saturated heterocycles. The first-order chi connectivity index (χ1) is 7.06. The number of carbonyl (C=O) groups excluding carboxylic acids is 1. The van der Waals surface area contributed by atoms with E-state index in [-0.39, 0.29) is 18.6 Å². The second-order valence-corrected chi connectivity index (χ2v) is 3.69. The third-order valence-electron chi connectivity index (χ3n) is 1.80. The van der Waals surface area contributed by atoms with Crippen LogP contribution in [-0.4, -0.2) is 17.7 Å². The van der Waals surface area contributed by atoms with Gasteiger partial charge in [0.2, 0.25) is 0 Å². The number of esters is 1. The zero-order valence-electron chi connectivity index (χ0n) is 8.09. The minimum absolute atomic E-state index is 0.155. The molecule has 0 amide bonds. The predicted molar refractivity (Wildman–Crippen MR) is 56.1 cm³/mol. The molecule has 0 unspecified atom stereocenters. The fraction of sp³-hybridized carbons (Fsp3) is 0.300. The Kier molecular flexibility index (Phi) is 4.08. The van der Waals surface area contributed by atoms with Gasteiger partial charge < -0.3 is 9.84 Å². The van der Waals surface area contributed by atoms with Crippen molar-refractivity contribution in [2.75, 3.05) is 6.61 Å². The summed E-state index contributed by atoms with van der Waals surface area (Å²) in [5.74, 6) is -1.77. The van der Waals surface area contributed by atoms with E-state index in [0.717, 1.165) is 6.07 Å². The first-order valence-corrected chi connectivity index (χ1v) is 5.17. The number of halogens is 2. The number of rotatable bonds is 3. The highest BCUT2D eigenvalue weighted by Crippen LogP contribution is 2.29. The number of hydrogen-bond acceptors (Lipinski definition) is 3. The van der Waals surface area contributed by atoms with Crippen LogP contribution in [0, 0.1) is 5.82 Å². The predicted octanol–water partition coefficient (Wildman–Crippen LogP) is 2.40. The molecular formula is C10H10BrFO3. The second kappa shape index (κ2) is 5.11. The fourth-order valence-electron chi connectivity index (χ4n) is 1.11. The van der Waals surface area contributed by atoms with Crippen molar-refractivity contribution >= 4 is 21.9 Å². The highest BCUT2D eigenvalue weighted by molar-refractivity contribution is 9.10. The van der Waals surface area contributed by atoms with Gasteiger partial charge in [-0.25, -0.2) is 4.39 Å². The van der Waals surface area contributed by atoms with Crippen molar-refractivity contribution in [1.29, 1.82) is 0 Å². The zero-order chi connectivity index (χ0) is 11.4. The van der Waals surface area contributed by atoms with E-state index in [1.165, 1.54) is 6.07 Å². The first kappa shape index (κ1) is 12.0. The van der Waals surface area contributed by atoms with Gasteiger partial charge in [-0.3, -0.25) is 4.79 Å². The van der Waals surface area contributed by atoms with E-state index >= 15 is 0 Å². The van der Waals surface area contributed by atoms with Gasteiger partial charge in [-0.05, 0) is 19.1 Å². The lowest BCUT2D eigenvalue weighted by Crippen LogP contribution is -2.08. The highest BCUT2D eigenvalue weighted by Gasteiger charge is 2.15. The lowest BCUT2D eigenvalue weighted by molar-refractivity contribution is -0.142. The summed E-state index contributed by atoms with van der Waals surface area (Å²) in [6, 6.07) is 2.55. The molecule has 0 aliphatic rings. The lowest BCUT2D eigenvalue weighted by atomic mass is 10.1. The summed E-state index contributed by atoms with van der Waals surface area (Å²) in [5, 5.41) is 9.38. The van der Waals surface area contributed by atoms with E-state index in [2.05, 4.69) is 15.9 Å². The summed E-state index contributed by atoms with van der Waals surface area (Å²) in [6.07, 6.45) is -0.155. The number of carbonyl (C=O) groups is 1. The molecule has 1 aromatic carbocycles. The Morgan fingerprint density at radius 2 is 2.27 bits per heavy atom. The van der Waals surface area contributed by atoms with Gasteiger partial charge in [0.05, 0.1) is 13.0 Å². The molecule has 1 rings (SSSR count). The number of benzene rings is 1. The summed E-state index contributed by atoms with van der Waals surface area (Å²) < 4.78 is 18.2. The number of hydrogen-bond donors (Lipinski definition) is 1. The summed E-state index contributed by atoms with van der Waals surface area (Å²) in [6.45, 7) is 1.94. The standard InChI is InChI=1S/C10H10BrFO3/c1-2-15-9(13)5-6-7(11)3-4-8(12)10(6)14/h3-4,14H,2,5H2,1H3. The molecule has 0 heterocycles. The van der Waals surface area contributed by atoms with E-state index < -0.39 is 17.5 Å². The summed E-state index contributed by atoms with van der Waals surface area (Å²) in [7, 11) is 0. The zero-order valence-corrected chi connectivity index (χ0v) is 9.67. The third-order valence-corrected chi connectivity index (χ3v) is 2.55. The van der Waals surface area contributed by atoms with Crippen molar-refractivity contribution in [3.05, 3.63) is 28.0 Å². The topological polar surface area (TPSA) is 46.5 Å². The molecule has 0 atom stereocenters. The van der Waals surface area contributed by atoms with Crippen molar-refractivity contribution in [2.45, 2.75) is 13.3 Å². The Bertz CT molecular complexity index is 379. The molecule has 1 N–H and O–H groups in total. The van der Waals surface area contributed by atoms with Crippen LogP contribution in [0.4, 0.5) is 4.39 Å². The average Bonchev–Trinajstić information content (AvgIpc) is 2.19. The normalized spacial score (nSPS) is 10.1. The van der Waals surface area contributed by atoms with E-state index in [4.69, 9.17) is 4.74 Å². The largest absolute Gasteiger partial charge is 0.505 e. The molecule has 0 aliphatic carbocycles. The van der Waals surface area contributed by atoms with Crippen LogP contribution in [0.3, 0.4) is 0 Å². The van der Waals surface area contributed by atoms with Crippen LogP contribution in [0.1, 0.15) is 12.5 Å². The molecule has 0 spiro atoms. The molecule has 0 radical (unpaired) electrons. The molecule has 0 bridgehead atoms. The molecule has 1 aromatic rings. The molecule has 15 heavy (non-hydrogen) atoms. The van der Waals surface area contributed by atoms with Gasteiger partial charge in [-0.2, -0.15) is 0 Å². The molecule has 0 aromatic heterocycles. The van der Waals surface area contributed by atoms with Gasteiger partial charge in [-0.15, -0.1) is 0 Å². The minimum atomic E-state index is -0.752. The van der Waals surface area contributed by atoms with Crippen LogP contribution >= 0.6 is 15.9 Å². The van der Waals surface area contributed by atoms with Crippen molar-refractivity contribution in [3.8, 4) is 5.75 Å². The van der Waals surface area contributed by atoms with E-state index in [9.17, 15) is 14.3 Å². The fourth-order valence-corrected chi connectivity index (χ4v) is 1.57. The molecule has 0 fully saturated rings. The Labute approximate surface area is 95.0 Å². The molecule has 0 saturated carbocycles. The van der Waals surface area contributed by atoms with Crippen LogP contribution in [-0.2, 0) is 16.0 Å². The smallest absolute Gasteiger partial charge is 0.310 e. The maximum atomic E-state index is 13.0. The summed E-state index contributed by atoms with van der Waals surface area (Å²) in [4.78, 5) is 11.2. The van der Waals surface area contributed by atoms with Gasteiger partial charge in [0.25, 0.3) is 0 Å². The van der Waals surface area contributed by atoms with Crippen molar-refractivity contribution in [2.24, 2.45) is 0 Å². The maximum Gasteiger partial charge on any atom is 0.310 e. The quantitative estimate of drug-likeness (QED) is 0.863. The average molecular weight is 277 g/mol. The van der Waals surface area contributed by atoms with Gasteiger partial charge in [0.1, 0.15) is 0 Å². The highest BCUT2D eigenvalue weighted by atomic mass is 79.9. The first-order valence-electron chi connectivity index (χ1n) is 4.37. The Hall–Kier alpha value is -1.10. The molecule has 5 heteroatoms. The van der Waals surface area contributed by atoms with Gasteiger partial charge in [0, 0.05) is 10.0 Å². The number of phenolic OH excluding ortho intramolecular Hbond substituents is 1. The second-order valence-electron chi connectivity index (χ2n) is 2.84. The number of phenols is 1. The van der Waals surface area contributed by atoms with E-state index in [0.29, 0.717) is 4.47 Å². The van der Waals surface area contributed by atoms with E-state index in [1.807, 2.05) is 0 Å². The minimum Gasteiger partial charge on any atom is -0.505 e. The molecule has 3 nitrogen and oxygen atoms in total. The van der Waals surface area contributed by atoms with Crippen molar-refractivity contribution < 1.29 is 19.0 Å². The van der Waals surface area contributed by atoms with Crippen LogP contribution < -0.4 is 0 Å². The van der Waals surface area contributed by atoms with Gasteiger partial charge in [0.15, 0.2) is 11.6 Å². The SMILES string of the molecule is CCOC(=O)Cc1c(Br)ccc(F)c1O. The van der Waals surface area contributed by atoms with E-state index in [1.54, 1.807) is 6.92 Å². The van der Waals surface area contributed by atoms with Gasteiger partial charge in [-0.1, -0.05) is 15.9 Å².